The van der Waals surface area contributed by atoms with E-state index in [0.29, 0.717) is 51.0 Å². The molecule has 3 atom stereocenters. The summed E-state index contributed by atoms with van der Waals surface area (Å²) in [6, 6.07) is 4.63. The summed E-state index contributed by atoms with van der Waals surface area (Å²) >= 11 is 1.65. The lowest BCUT2D eigenvalue weighted by Crippen LogP contribution is -2.59. The summed E-state index contributed by atoms with van der Waals surface area (Å²) in [5, 5.41) is 12.0. The number of allylic oxidation sites excluding steroid dienone is 2. The number of hydrogen-bond acceptors (Lipinski definition) is 16. The molecular weight excluding hydrogens is 993 g/mol. The number of likely N-dealkylation sites (tertiary alicyclic amines) is 1. The van der Waals surface area contributed by atoms with E-state index in [9.17, 15) is 28.0 Å². The number of piperazine rings is 1. The third-order valence-corrected chi connectivity index (χ3v) is 15.9. The van der Waals surface area contributed by atoms with Gasteiger partial charge in [-0.3, -0.25) is 29.1 Å². The molecule has 2 aliphatic carbocycles. The molecule has 3 aromatic rings. The highest BCUT2D eigenvalue weighted by Gasteiger charge is 2.48. The van der Waals surface area contributed by atoms with Crippen molar-refractivity contribution in [2.24, 2.45) is 5.92 Å². The van der Waals surface area contributed by atoms with Gasteiger partial charge in [0, 0.05) is 71.5 Å². The highest BCUT2D eigenvalue weighted by atomic mass is 32.1. The maximum absolute atomic E-state index is 14.9. The Kier molecular flexibility index (Phi) is 19.7. The van der Waals surface area contributed by atoms with E-state index in [-0.39, 0.29) is 94.3 Å². The molecule has 3 aliphatic heterocycles. The first-order valence-corrected chi connectivity index (χ1v) is 27.3. The van der Waals surface area contributed by atoms with Gasteiger partial charge in [0.05, 0.1) is 74.5 Å². The molecule has 1 saturated carbocycles. The number of hydrogen-bond donors (Lipinski definition) is 2. The number of ether oxygens (including phenoxy) is 5. The molecule has 0 radical (unpaired) electrons. The Morgan fingerprint density at radius 2 is 1.60 bits per heavy atom. The zero-order chi connectivity index (χ0) is 52.9. The lowest BCUT2D eigenvalue weighted by Gasteiger charge is -2.42. The Bertz CT molecular complexity index is 2520. The number of halogens is 2. The Morgan fingerprint density at radius 1 is 0.907 bits per heavy atom. The first-order chi connectivity index (χ1) is 36.3. The molecule has 19 nitrogen and oxygen atoms in total. The van der Waals surface area contributed by atoms with Crippen molar-refractivity contribution in [2.75, 3.05) is 113 Å². The molecule has 3 aromatic heterocycles. The van der Waals surface area contributed by atoms with Crippen molar-refractivity contribution in [3.8, 4) is 11.6 Å². The summed E-state index contributed by atoms with van der Waals surface area (Å²) in [7, 11) is 3.32. The summed E-state index contributed by atoms with van der Waals surface area (Å²) < 4.78 is 65.3. The number of pyridine rings is 1. The monoisotopic (exact) mass is 1070 g/mol. The minimum Gasteiger partial charge on any atom is -0.489 e. The van der Waals surface area contributed by atoms with Gasteiger partial charge in [-0.25, -0.2) is 8.78 Å². The van der Waals surface area contributed by atoms with Gasteiger partial charge in [-0.05, 0) is 92.9 Å². The second-order valence-corrected chi connectivity index (χ2v) is 21.0. The predicted molar refractivity (Wildman–Crippen MR) is 276 cm³/mol. The van der Waals surface area contributed by atoms with Crippen LogP contribution in [0, 0.1) is 5.92 Å². The van der Waals surface area contributed by atoms with Gasteiger partial charge in [-0.2, -0.15) is 0 Å². The summed E-state index contributed by atoms with van der Waals surface area (Å²) in [4.78, 5) is 68.1. The Hall–Kier alpha value is -5.52. The lowest BCUT2D eigenvalue weighted by atomic mass is 9.83. The van der Waals surface area contributed by atoms with Crippen LogP contribution in [0.1, 0.15) is 71.0 Å². The second kappa shape index (κ2) is 26.5. The molecule has 2 N–H and O–H groups in total. The van der Waals surface area contributed by atoms with Crippen molar-refractivity contribution in [1.29, 1.82) is 0 Å². The Labute approximate surface area is 441 Å². The van der Waals surface area contributed by atoms with Crippen LogP contribution in [-0.4, -0.2) is 195 Å². The quantitative estimate of drug-likeness (QED) is 0.108. The average molecular weight is 1070 g/mol. The summed E-state index contributed by atoms with van der Waals surface area (Å²) in [5.41, 5.74) is 0.328. The van der Waals surface area contributed by atoms with Gasteiger partial charge in [0.15, 0.2) is 11.6 Å². The highest BCUT2D eigenvalue weighted by molar-refractivity contribution is 7.17. The molecule has 0 aromatic carbocycles. The third kappa shape index (κ3) is 14.3. The minimum atomic E-state index is -1.18. The van der Waals surface area contributed by atoms with Gasteiger partial charge in [-0.1, -0.05) is 19.3 Å². The van der Waals surface area contributed by atoms with E-state index >= 15 is 0 Å². The molecule has 410 valence electrons. The number of fused-ring (bicyclic) bond motifs is 2. The maximum Gasteiger partial charge on any atom is 0.270 e. The van der Waals surface area contributed by atoms with Crippen LogP contribution in [0.25, 0.3) is 10.2 Å². The van der Waals surface area contributed by atoms with Crippen molar-refractivity contribution in [1.82, 2.24) is 45.3 Å². The van der Waals surface area contributed by atoms with Gasteiger partial charge in [0.1, 0.15) is 36.0 Å². The van der Waals surface area contributed by atoms with Crippen LogP contribution in [0.2, 0.25) is 0 Å². The topological polar surface area (TPSA) is 194 Å². The normalized spacial score (nSPS) is 20.7. The average Bonchev–Trinajstić information content (AvgIpc) is 4.18. The van der Waals surface area contributed by atoms with Crippen LogP contribution in [-0.2, 0) is 39.9 Å². The van der Waals surface area contributed by atoms with Crippen LogP contribution in [0.4, 0.5) is 8.78 Å². The third-order valence-electron chi connectivity index (χ3n) is 15.0. The number of amides is 4. The van der Waals surface area contributed by atoms with Gasteiger partial charge in [0.2, 0.25) is 17.7 Å². The van der Waals surface area contributed by atoms with E-state index in [1.54, 1.807) is 66.3 Å². The standard InChI is InChI=1S/C53H73F2N9O10S/c1-36(56-3)50(66)58-48(37-8-6-5-7-9-37)52(68)63-19-17-62(18-20-63)51(67)44-31-38-30-41(54)42(55)33-53(38,2)64(44)35-47(65)60(4)21-22-69-23-24-70-25-26-71-27-28-72-46-32-40(74-59-46)34-61-15-11-39(12-16-61)73-45-10-14-57-43-13-29-75-49(43)45/h10,13-14,29-32,36-37,39,48,56H,5-9,11-12,15-28,33-35H2,1-4H3,(H,58,66)/t36-,48-,53?/m0/s1. The van der Waals surface area contributed by atoms with Crippen molar-refractivity contribution in [2.45, 2.75) is 95.5 Å². The van der Waals surface area contributed by atoms with E-state index in [0.717, 1.165) is 85.8 Å². The van der Waals surface area contributed by atoms with E-state index < -0.39 is 35.2 Å². The number of aromatic nitrogens is 2. The molecular formula is C53H73F2N9O10S. The van der Waals surface area contributed by atoms with Crippen molar-refractivity contribution < 1.29 is 56.2 Å². The lowest BCUT2D eigenvalue weighted by molar-refractivity contribution is -0.143. The molecule has 8 rings (SSSR count). The second-order valence-electron chi connectivity index (χ2n) is 20.1. The van der Waals surface area contributed by atoms with Crippen LogP contribution >= 0.6 is 11.3 Å². The summed E-state index contributed by atoms with van der Waals surface area (Å²) in [6.45, 7) is 8.92. The molecule has 4 amide bonds. The highest BCUT2D eigenvalue weighted by Crippen LogP contribution is 2.46. The fourth-order valence-electron chi connectivity index (χ4n) is 10.3. The van der Waals surface area contributed by atoms with E-state index in [1.807, 2.05) is 23.6 Å². The van der Waals surface area contributed by atoms with Crippen LogP contribution in [0.5, 0.6) is 11.6 Å². The zero-order valence-electron chi connectivity index (χ0n) is 43.7. The van der Waals surface area contributed by atoms with E-state index in [4.69, 9.17) is 28.2 Å². The van der Waals surface area contributed by atoms with Crippen LogP contribution < -0.4 is 20.1 Å². The number of nitrogens with one attached hydrogen (secondary N) is 2. The van der Waals surface area contributed by atoms with Crippen molar-refractivity contribution >= 4 is 45.2 Å². The SMILES string of the molecule is CN[C@@H](C)C(=O)N[C@H](C(=O)N1CCN(C(=O)C2=CC3=CC(F)=C(F)CC3(C)N2CC(=O)N(C)CCOCCOCCOCCOc2cc(CN3CCC(Oc4ccnc5ccsc45)CC3)on2)CC1)C1CCCCC1. The first-order valence-electron chi connectivity index (χ1n) is 26.4. The van der Waals surface area contributed by atoms with Crippen molar-refractivity contribution in [3.05, 3.63) is 70.6 Å². The molecule has 75 heavy (non-hydrogen) atoms. The molecule has 1 unspecified atom stereocenters. The largest absolute Gasteiger partial charge is 0.489 e. The number of rotatable bonds is 25. The molecule has 0 bridgehead atoms. The number of carbonyl (C=O) groups is 4. The summed E-state index contributed by atoms with van der Waals surface area (Å²) in [5.74, 6) is -1.02. The van der Waals surface area contributed by atoms with Gasteiger partial charge >= 0.3 is 0 Å². The number of likely N-dealkylation sites (N-methyl/N-ethyl adjacent to an activating group) is 2. The van der Waals surface area contributed by atoms with Crippen molar-refractivity contribution in [3.63, 3.8) is 0 Å². The van der Waals surface area contributed by atoms with Crippen LogP contribution in [0.15, 0.2) is 69.4 Å². The van der Waals surface area contributed by atoms with E-state index in [1.165, 1.54) is 4.90 Å². The number of nitrogens with zero attached hydrogens (tertiary/aromatic N) is 7. The molecule has 22 heteroatoms. The number of piperidine rings is 1. The molecule has 3 fully saturated rings. The first kappa shape index (κ1) is 55.7. The fourth-order valence-corrected chi connectivity index (χ4v) is 11.1. The maximum atomic E-state index is 14.9. The number of carbonyl (C=O) groups excluding carboxylic acids is 4. The minimum absolute atomic E-state index is 0.0291. The Morgan fingerprint density at radius 3 is 2.32 bits per heavy atom. The molecule has 6 heterocycles. The van der Waals surface area contributed by atoms with Gasteiger partial charge < -0.3 is 58.4 Å². The smallest absolute Gasteiger partial charge is 0.270 e. The van der Waals surface area contributed by atoms with Gasteiger partial charge in [0.25, 0.3) is 11.8 Å². The number of thiophene rings is 1. The fraction of sp³-hybridized carbons (Fsp3) is 0.623. The predicted octanol–water partition coefficient (Wildman–Crippen LogP) is 5.00. The molecule has 5 aliphatic rings. The Balaban J connectivity index is 0.698. The van der Waals surface area contributed by atoms with Crippen LogP contribution in [0.3, 0.4) is 0 Å². The van der Waals surface area contributed by atoms with Gasteiger partial charge in [-0.15, -0.1) is 11.3 Å². The van der Waals surface area contributed by atoms with E-state index in [2.05, 4.69) is 25.7 Å². The zero-order valence-corrected chi connectivity index (χ0v) is 44.5. The molecule has 0 spiro atoms. The molecule has 2 saturated heterocycles. The summed E-state index contributed by atoms with van der Waals surface area (Å²) in [6.07, 6.45) is 10.9.